The van der Waals surface area contributed by atoms with E-state index in [2.05, 4.69) is 21.3 Å². The highest BCUT2D eigenvalue weighted by atomic mass is 16.2. The zero-order valence-corrected chi connectivity index (χ0v) is 26.1. The van der Waals surface area contributed by atoms with Gasteiger partial charge in [-0.15, -0.1) is 0 Å². The van der Waals surface area contributed by atoms with Gasteiger partial charge in [0.1, 0.15) is 11.4 Å². The maximum absolute atomic E-state index is 13.3. The van der Waals surface area contributed by atoms with Crippen LogP contribution in [0.1, 0.15) is 43.0 Å². The predicted molar refractivity (Wildman–Crippen MR) is 187 cm³/mol. The first-order valence-corrected chi connectivity index (χ1v) is 15.3. The molecule has 0 aromatic heterocycles. The van der Waals surface area contributed by atoms with Gasteiger partial charge in [0.2, 0.25) is 0 Å². The molecule has 8 heteroatoms. The Balaban J connectivity index is 1.28. The Morgan fingerprint density at radius 3 is 1.06 bits per heavy atom. The minimum Gasteiger partial charge on any atom is -0.347 e. The van der Waals surface area contributed by atoms with E-state index in [1.807, 2.05) is 121 Å². The largest absolute Gasteiger partial charge is 0.347 e. The van der Waals surface area contributed by atoms with E-state index in [0.717, 1.165) is 22.3 Å². The molecule has 238 valence electrons. The van der Waals surface area contributed by atoms with Gasteiger partial charge >= 0.3 is 0 Å². The van der Waals surface area contributed by atoms with Crippen molar-refractivity contribution in [3.8, 4) is 0 Å². The molecule has 0 bridgehead atoms. The molecule has 5 aromatic carbocycles. The molecule has 0 saturated heterocycles. The summed E-state index contributed by atoms with van der Waals surface area (Å²) in [7, 11) is 0. The summed E-state index contributed by atoms with van der Waals surface area (Å²) in [5.41, 5.74) is 3.93. The van der Waals surface area contributed by atoms with Gasteiger partial charge in [0, 0.05) is 24.2 Å². The first-order chi connectivity index (χ1) is 23.4. The molecule has 5 aromatic rings. The molecule has 0 spiro atoms. The molecule has 0 atom stereocenters. The van der Waals surface area contributed by atoms with Crippen molar-refractivity contribution in [2.24, 2.45) is 0 Å². The number of amides is 4. The van der Waals surface area contributed by atoms with Gasteiger partial charge in [-0.3, -0.25) is 19.2 Å². The zero-order valence-electron chi connectivity index (χ0n) is 26.1. The van der Waals surface area contributed by atoms with Crippen LogP contribution in [0.15, 0.2) is 157 Å². The second-order valence-corrected chi connectivity index (χ2v) is 10.8. The SMILES string of the molecule is O=C(NCc1ccccc1)/C(=C\c1ccccc1)NC(=O)c1ccc(C(=O)N/C(=C/c2ccccc2)C(=O)NCc2ccccc2)cc1. The Kier molecular flexibility index (Phi) is 11.4. The number of nitrogens with one attached hydrogen (secondary N) is 4. The predicted octanol–water partition coefficient (Wildman–Crippen LogP) is 5.86. The summed E-state index contributed by atoms with van der Waals surface area (Å²) >= 11 is 0. The maximum atomic E-state index is 13.3. The average molecular weight is 635 g/mol. The Bertz CT molecular complexity index is 1760. The Morgan fingerprint density at radius 1 is 0.417 bits per heavy atom. The third-order valence-electron chi connectivity index (χ3n) is 7.21. The van der Waals surface area contributed by atoms with Crippen LogP contribution in [-0.4, -0.2) is 23.6 Å². The van der Waals surface area contributed by atoms with Crippen LogP contribution < -0.4 is 21.3 Å². The van der Waals surface area contributed by atoms with E-state index in [0.29, 0.717) is 0 Å². The molecular formula is C40H34N4O4. The van der Waals surface area contributed by atoms with Gasteiger partial charge in [0.25, 0.3) is 23.6 Å². The van der Waals surface area contributed by atoms with Crippen LogP contribution in [-0.2, 0) is 22.7 Å². The fourth-order valence-electron chi connectivity index (χ4n) is 4.66. The van der Waals surface area contributed by atoms with Crippen LogP contribution in [0.2, 0.25) is 0 Å². The van der Waals surface area contributed by atoms with E-state index < -0.39 is 23.6 Å². The average Bonchev–Trinajstić information content (AvgIpc) is 3.14. The van der Waals surface area contributed by atoms with Crippen LogP contribution in [0, 0.1) is 0 Å². The number of carbonyl (C=O) groups excluding carboxylic acids is 4. The molecule has 0 aliphatic heterocycles. The highest BCUT2D eigenvalue weighted by Gasteiger charge is 2.18. The van der Waals surface area contributed by atoms with Crippen molar-refractivity contribution < 1.29 is 19.2 Å². The van der Waals surface area contributed by atoms with Gasteiger partial charge < -0.3 is 21.3 Å². The summed E-state index contributed by atoms with van der Waals surface area (Å²) < 4.78 is 0. The Morgan fingerprint density at radius 2 is 0.729 bits per heavy atom. The molecule has 0 radical (unpaired) electrons. The van der Waals surface area contributed by atoms with Crippen molar-refractivity contribution in [1.29, 1.82) is 0 Å². The van der Waals surface area contributed by atoms with E-state index in [1.54, 1.807) is 12.2 Å². The van der Waals surface area contributed by atoms with Crippen molar-refractivity contribution in [3.63, 3.8) is 0 Å². The first kappa shape index (κ1) is 32.8. The molecule has 0 saturated carbocycles. The van der Waals surface area contributed by atoms with Crippen molar-refractivity contribution in [2.75, 3.05) is 0 Å². The quantitative estimate of drug-likeness (QED) is 0.129. The van der Waals surface area contributed by atoms with Gasteiger partial charge in [-0.05, 0) is 58.7 Å². The molecule has 8 nitrogen and oxygen atoms in total. The minimum absolute atomic E-state index is 0.0705. The summed E-state index contributed by atoms with van der Waals surface area (Å²) in [5.74, 6) is -1.95. The lowest BCUT2D eigenvalue weighted by molar-refractivity contribution is -0.118. The van der Waals surface area contributed by atoms with Gasteiger partial charge in [-0.1, -0.05) is 121 Å². The summed E-state index contributed by atoms with van der Waals surface area (Å²) in [6.07, 6.45) is 3.20. The van der Waals surface area contributed by atoms with Gasteiger partial charge in [0.15, 0.2) is 0 Å². The van der Waals surface area contributed by atoms with Gasteiger partial charge in [-0.25, -0.2) is 0 Å². The summed E-state index contributed by atoms with van der Waals surface area (Å²) in [4.78, 5) is 52.9. The third kappa shape index (κ3) is 9.73. The van der Waals surface area contributed by atoms with E-state index in [-0.39, 0.29) is 35.6 Å². The lowest BCUT2D eigenvalue weighted by atomic mass is 10.1. The van der Waals surface area contributed by atoms with E-state index in [1.165, 1.54) is 24.3 Å². The van der Waals surface area contributed by atoms with Crippen molar-refractivity contribution in [1.82, 2.24) is 21.3 Å². The molecule has 0 unspecified atom stereocenters. The molecule has 0 aliphatic carbocycles. The van der Waals surface area contributed by atoms with Gasteiger partial charge in [-0.2, -0.15) is 0 Å². The molecule has 0 aliphatic rings. The number of rotatable bonds is 12. The number of hydrogen-bond donors (Lipinski definition) is 4. The fourth-order valence-corrected chi connectivity index (χ4v) is 4.66. The lowest BCUT2D eigenvalue weighted by Crippen LogP contribution is -2.35. The van der Waals surface area contributed by atoms with Crippen LogP contribution in [0.25, 0.3) is 12.2 Å². The highest BCUT2D eigenvalue weighted by Crippen LogP contribution is 2.11. The van der Waals surface area contributed by atoms with Crippen molar-refractivity contribution in [2.45, 2.75) is 13.1 Å². The normalized spacial score (nSPS) is 11.2. The Labute approximate surface area is 279 Å². The van der Waals surface area contributed by atoms with E-state index >= 15 is 0 Å². The molecule has 4 N–H and O–H groups in total. The van der Waals surface area contributed by atoms with E-state index in [4.69, 9.17) is 0 Å². The second-order valence-electron chi connectivity index (χ2n) is 10.8. The molecule has 4 amide bonds. The molecule has 0 heterocycles. The summed E-state index contributed by atoms with van der Waals surface area (Å²) in [6.45, 7) is 0.576. The zero-order chi connectivity index (χ0) is 33.6. The first-order valence-electron chi connectivity index (χ1n) is 15.3. The lowest BCUT2D eigenvalue weighted by Gasteiger charge is -2.13. The molecular weight excluding hydrogens is 600 g/mol. The number of benzene rings is 5. The van der Waals surface area contributed by atoms with Crippen LogP contribution in [0.3, 0.4) is 0 Å². The second kappa shape index (κ2) is 16.7. The monoisotopic (exact) mass is 634 g/mol. The van der Waals surface area contributed by atoms with Crippen molar-refractivity contribution >= 4 is 35.8 Å². The summed E-state index contributed by atoms with van der Waals surface area (Å²) in [5, 5.41) is 11.1. The number of carbonyl (C=O) groups is 4. The molecule has 48 heavy (non-hydrogen) atoms. The van der Waals surface area contributed by atoms with Crippen LogP contribution in [0.4, 0.5) is 0 Å². The molecule has 5 rings (SSSR count). The van der Waals surface area contributed by atoms with Crippen molar-refractivity contribution in [3.05, 3.63) is 190 Å². The van der Waals surface area contributed by atoms with E-state index in [9.17, 15) is 19.2 Å². The maximum Gasteiger partial charge on any atom is 0.268 e. The minimum atomic E-state index is -0.524. The van der Waals surface area contributed by atoms with Crippen LogP contribution >= 0.6 is 0 Å². The fraction of sp³-hybridized carbons (Fsp3) is 0.0500. The molecule has 0 fully saturated rings. The number of hydrogen-bond acceptors (Lipinski definition) is 4. The summed E-state index contributed by atoms with van der Waals surface area (Å²) in [6, 6.07) is 43.2. The highest BCUT2D eigenvalue weighted by molar-refractivity contribution is 6.07. The standard InChI is InChI=1S/C40H34N4O4/c45-37(43-35(25-29-13-5-1-6-14-29)39(47)41-27-31-17-9-3-10-18-31)33-21-23-34(24-22-33)38(46)44-36(26-30-15-7-2-8-16-30)40(48)42-28-32-19-11-4-12-20-32/h1-26H,27-28H2,(H,41,47)(H,42,48)(H,43,45)(H,44,46)/b35-25+,36-26+. The topological polar surface area (TPSA) is 116 Å². The third-order valence-corrected chi connectivity index (χ3v) is 7.21. The van der Waals surface area contributed by atoms with Gasteiger partial charge in [0.05, 0.1) is 0 Å². The van der Waals surface area contributed by atoms with Crippen LogP contribution in [0.5, 0.6) is 0 Å². The Hall–Kier alpha value is -6.54. The smallest absolute Gasteiger partial charge is 0.268 e.